The number of carbonyl (C=O) groups excluding carboxylic acids is 1. The van der Waals surface area contributed by atoms with Crippen molar-refractivity contribution in [2.24, 2.45) is 5.92 Å². The second-order valence-corrected chi connectivity index (χ2v) is 5.56. The number of rotatable bonds is 4. The molecule has 1 aromatic carbocycles. The van der Waals surface area contributed by atoms with Crippen molar-refractivity contribution in [1.82, 2.24) is 5.32 Å². The maximum absolute atomic E-state index is 12.2. The van der Waals surface area contributed by atoms with Crippen LogP contribution in [-0.2, 0) is 4.79 Å². The summed E-state index contributed by atoms with van der Waals surface area (Å²) in [6, 6.07) is 8.29. The molecule has 0 fully saturated rings. The molecule has 3 heteroatoms. The highest BCUT2D eigenvalue weighted by atomic mass is 16.2. The highest BCUT2D eigenvalue weighted by Crippen LogP contribution is 2.31. The third-order valence-electron chi connectivity index (χ3n) is 3.36. The summed E-state index contributed by atoms with van der Waals surface area (Å²) in [7, 11) is 0. The fourth-order valence-electron chi connectivity index (χ4n) is 2.63. The first-order chi connectivity index (χ1) is 8.58. The third kappa shape index (κ3) is 2.84. The van der Waals surface area contributed by atoms with Gasteiger partial charge in [-0.25, -0.2) is 0 Å². The Labute approximate surface area is 109 Å². The Morgan fingerprint density at radius 2 is 2.11 bits per heavy atom. The lowest BCUT2D eigenvalue weighted by Crippen LogP contribution is -2.37. The van der Waals surface area contributed by atoms with Gasteiger partial charge in [-0.05, 0) is 30.9 Å². The number of fused-ring (bicyclic) bond motifs is 1. The van der Waals surface area contributed by atoms with E-state index in [0.717, 1.165) is 17.7 Å². The molecule has 1 heterocycles. The third-order valence-corrected chi connectivity index (χ3v) is 3.36. The fourth-order valence-corrected chi connectivity index (χ4v) is 2.63. The fraction of sp³-hybridized carbons (Fsp3) is 0.533. The van der Waals surface area contributed by atoms with Crippen molar-refractivity contribution < 1.29 is 4.79 Å². The minimum Gasteiger partial charge on any atom is -0.384 e. The lowest BCUT2D eigenvalue weighted by molar-refractivity contribution is -0.122. The largest absolute Gasteiger partial charge is 0.384 e. The van der Waals surface area contributed by atoms with Crippen molar-refractivity contribution in [3.05, 3.63) is 29.8 Å². The number of nitrogens with one attached hydrogen (secondary N) is 2. The Morgan fingerprint density at radius 1 is 1.39 bits per heavy atom. The Morgan fingerprint density at radius 3 is 2.83 bits per heavy atom. The highest BCUT2D eigenvalue weighted by Gasteiger charge is 2.28. The SMILES string of the molecule is CC(C)CC(C)NC(=O)C1CNc2ccccc21. The van der Waals surface area contributed by atoms with Gasteiger partial charge in [0.05, 0.1) is 5.92 Å². The molecule has 2 unspecified atom stereocenters. The van der Waals surface area contributed by atoms with Crippen LogP contribution in [0.1, 0.15) is 38.7 Å². The first-order valence-electron chi connectivity index (χ1n) is 6.71. The summed E-state index contributed by atoms with van der Waals surface area (Å²) < 4.78 is 0. The maximum Gasteiger partial charge on any atom is 0.229 e. The topological polar surface area (TPSA) is 41.1 Å². The Hall–Kier alpha value is -1.51. The molecule has 0 aliphatic carbocycles. The number of amides is 1. The van der Waals surface area contributed by atoms with E-state index in [2.05, 4.69) is 31.4 Å². The van der Waals surface area contributed by atoms with Crippen molar-refractivity contribution in [2.75, 3.05) is 11.9 Å². The van der Waals surface area contributed by atoms with Crippen molar-refractivity contribution in [1.29, 1.82) is 0 Å². The molecule has 3 nitrogen and oxygen atoms in total. The summed E-state index contributed by atoms with van der Waals surface area (Å²) in [6.45, 7) is 7.13. The lowest BCUT2D eigenvalue weighted by Gasteiger charge is -2.18. The molecule has 0 saturated carbocycles. The number of para-hydroxylation sites is 1. The predicted molar refractivity (Wildman–Crippen MR) is 74.7 cm³/mol. The molecule has 2 atom stereocenters. The van der Waals surface area contributed by atoms with Gasteiger partial charge in [0.1, 0.15) is 0 Å². The zero-order valence-electron chi connectivity index (χ0n) is 11.4. The van der Waals surface area contributed by atoms with Crippen molar-refractivity contribution in [2.45, 2.75) is 39.2 Å². The second-order valence-electron chi connectivity index (χ2n) is 5.56. The van der Waals surface area contributed by atoms with E-state index in [0.29, 0.717) is 12.5 Å². The van der Waals surface area contributed by atoms with Crippen LogP contribution in [0.2, 0.25) is 0 Å². The van der Waals surface area contributed by atoms with Gasteiger partial charge in [0.15, 0.2) is 0 Å². The van der Waals surface area contributed by atoms with E-state index < -0.39 is 0 Å². The van der Waals surface area contributed by atoms with Gasteiger partial charge >= 0.3 is 0 Å². The average Bonchev–Trinajstić information content (AvgIpc) is 2.71. The van der Waals surface area contributed by atoms with Gasteiger partial charge in [-0.2, -0.15) is 0 Å². The minimum absolute atomic E-state index is 0.0455. The summed E-state index contributed by atoms with van der Waals surface area (Å²) in [5.74, 6) is 0.700. The molecular weight excluding hydrogens is 224 g/mol. The predicted octanol–water partition coefficient (Wildman–Crippen LogP) is 2.75. The molecule has 0 saturated heterocycles. The molecule has 2 N–H and O–H groups in total. The molecule has 0 radical (unpaired) electrons. The van der Waals surface area contributed by atoms with Crippen molar-refractivity contribution in [3.63, 3.8) is 0 Å². The minimum atomic E-state index is -0.0455. The van der Waals surface area contributed by atoms with Gasteiger partial charge in [0.25, 0.3) is 0 Å². The quantitative estimate of drug-likeness (QED) is 0.857. The second kappa shape index (κ2) is 5.42. The average molecular weight is 246 g/mol. The standard InChI is InChI=1S/C15H22N2O/c1-10(2)8-11(3)17-15(18)13-9-16-14-7-5-4-6-12(13)14/h4-7,10-11,13,16H,8-9H2,1-3H3,(H,17,18). The van der Waals surface area contributed by atoms with E-state index in [-0.39, 0.29) is 17.9 Å². The Bertz CT molecular complexity index is 428. The summed E-state index contributed by atoms with van der Waals surface area (Å²) >= 11 is 0. The van der Waals surface area contributed by atoms with Gasteiger partial charge in [0, 0.05) is 18.3 Å². The van der Waals surface area contributed by atoms with Crippen LogP contribution >= 0.6 is 0 Å². The van der Waals surface area contributed by atoms with E-state index in [1.807, 2.05) is 24.3 Å². The molecule has 1 aliphatic heterocycles. The smallest absolute Gasteiger partial charge is 0.229 e. The van der Waals surface area contributed by atoms with Crippen LogP contribution in [0, 0.1) is 5.92 Å². The zero-order chi connectivity index (χ0) is 13.1. The molecule has 98 valence electrons. The van der Waals surface area contributed by atoms with Gasteiger partial charge in [-0.1, -0.05) is 32.0 Å². The molecule has 0 bridgehead atoms. The van der Waals surface area contributed by atoms with Gasteiger partial charge in [0.2, 0.25) is 5.91 Å². The molecule has 1 aliphatic rings. The van der Waals surface area contributed by atoms with E-state index in [4.69, 9.17) is 0 Å². The first kappa shape index (κ1) is 12.9. The number of carbonyl (C=O) groups is 1. The lowest BCUT2D eigenvalue weighted by atomic mass is 9.99. The van der Waals surface area contributed by atoms with Crippen LogP contribution in [0.3, 0.4) is 0 Å². The first-order valence-corrected chi connectivity index (χ1v) is 6.71. The van der Waals surface area contributed by atoms with Crippen molar-refractivity contribution in [3.8, 4) is 0 Å². The van der Waals surface area contributed by atoms with Crippen LogP contribution in [0.15, 0.2) is 24.3 Å². The zero-order valence-corrected chi connectivity index (χ0v) is 11.4. The monoisotopic (exact) mass is 246 g/mol. The summed E-state index contributed by atoms with van der Waals surface area (Å²) in [5.41, 5.74) is 2.21. The van der Waals surface area contributed by atoms with E-state index in [9.17, 15) is 4.79 Å². The van der Waals surface area contributed by atoms with Gasteiger partial charge in [-0.3, -0.25) is 4.79 Å². The van der Waals surface area contributed by atoms with E-state index >= 15 is 0 Å². The van der Waals surface area contributed by atoms with Crippen LogP contribution in [0.5, 0.6) is 0 Å². The number of hydrogen-bond acceptors (Lipinski definition) is 2. The molecule has 0 spiro atoms. The van der Waals surface area contributed by atoms with Crippen LogP contribution < -0.4 is 10.6 Å². The van der Waals surface area contributed by atoms with Gasteiger partial charge < -0.3 is 10.6 Å². The van der Waals surface area contributed by atoms with Crippen LogP contribution in [-0.4, -0.2) is 18.5 Å². The molecule has 18 heavy (non-hydrogen) atoms. The highest BCUT2D eigenvalue weighted by molar-refractivity contribution is 5.88. The van der Waals surface area contributed by atoms with Crippen LogP contribution in [0.4, 0.5) is 5.69 Å². The van der Waals surface area contributed by atoms with Gasteiger partial charge in [-0.15, -0.1) is 0 Å². The van der Waals surface area contributed by atoms with Crippen LogP contribution in [0.25, 0.3) is 0 Å². The van der Waals surface area contributed by atoms with E-state index in [1.165, 1.54) is 0 Å². The molecule has 2 rings (SSSR count). The normalized spacial score (nSPS) is 19.2. The summed E-state index contributed by atoms with van der Waals surface area (Å²) in [4.78, 5) is 12.2. The number of anilines is 1. The molecule has 0 aromatic heterocycles. The maximum atomic E-state index is 12.2. The summed E-state index contributed by atoms with van der Waals surface area (Å²) in [6.07, 6.45) is 1.02. The van der Waals surface area contributed by atoms with Crippen molar-refractivity contribution >= 4 is 11.6 Å². The Balaban J connectivity index is 1.99. The molecular formula is C15H22N2O. The van der Waals surface area contributed by atoms with E-state index in [1.54, 1.807) is 0 Å². The summed E-state index contributed by atoms with van der Waals surface area (Å²) in [5, 5.41) is 6.40. The molecule has 1 amide bonds. The molecule has 1 aromatic rings. The Kier molecular flexibility index (Phi) is 3.90. The number of benzene rings is 1. The number of hydrogen-bond donors (Lipinski definition) is 2.